The van der Waals surface area contributed by atoms with Crippen LogP contribution in [0.3, 0.4) is 0 Å². The molecule has 0 unspecified atom stereocenters. The summed E-state index contributed by atoms with van der Waals surface area (Å²) in [6.07, 6.45) is 0.929. The van der Waals surface area contributed by atoms with Crippen LogP contribution in [0.15, 0.2) is 22.7 Å². The Kier molecular flexibility index (Phi) is 1.57. The Hall–Kier alpha value is -0.830. The van der Waals surface area contributed by atoms with Gasteiger partial charge in [0.25, 0.3) is 0 Å². The van der Waals surface area contributed by atoms with Crippen LogP contribution in [0, 0.1) is 11.8 Å². The number of benzene rings is 1. The van der Waals surface area contributed by atoms with E-state index >= 15 is 0 Å². The largest absolute Gasteiger partial charge is 0.481 e. The summed E-state index contributed by atoms with van der Waals surface area (Å²) in [6.45, 7) is 0. The van der Waals surface area contributed by atoms with Gasteiger partial charge in [0.05, 0.1) is 5.92 Å². The van der Waals surface area contributed by atoms with Crippen LogP contribution in [0.1, 0.15) is 17.0 Å². The number of fused-ring (bicyclic) bond motifs is 3. The van der Waals surface area contributed by atoms with Crippen LogP contribution >= 0.6 is 15.9 Å². The van der Waals surface area contributed by atoms with Crippen LogP contribution in [-0.4, -0.2) is 11.1 Å². The number of carboxylic acid groups (broad SMARTS) is 1. The third-order valence-corrected chi connectivity index (χ3v) is 4.15. The molecule has 0 heterocycles. The molecule has 3 atom stereocenters. The lowest BCUT2D eigenvalue weighted by molar-refractivity contribution is -0.139. The molecule has 1 saturated carbocycles. The van der Waals surface area contributed by atoms with E-state index < -0.39 is 5.97 Å². The van der Waals surface area contributed by atoms with Gasteiger partial charge < -0.3 is 5.11 Å². The maximum absolute atomic E-state index is 10.9. The standard InChI is InChI=1S/C11H9BrO2/c12-8-3-1-2-5-6(8)4-7-9(5)10(7)11(13)14/h1-3,7,9-10H,4H2,(H,13,14)/t7-,9-,10+/m0/s1. The average molecular weight is 253 g/mol. The molecule has 0 aromatic heterocycles. The van der Waals surface area contributed by atoms with E-state index in [9.17, 15) is 4.79 Å². The van der Waals surface area contributed by atoms with Crippen molar-refractivity contribution < 1.29 is 9.90 Å². The van der Waals surface area contributed by atoms with E-state index in [1.165, 1.54) is 11.1 Å². The van der Waals surface area contributed by atoms with Crippen LogP contribution < -0.4 is 0 Å². The summed E-state index contributed by atoms with van der Waals surface area (Å²) in [5.41, 5.74) is 2.57. The molecule has 0 saturated heterocycles. The minimum Gasteiger partial charge on any atom is -0.481 e. The van der Waals surface area contributed by atoms with Crippen LogP contribution in [0.4, 0.5) is 0 Å². The lowest BCUT2D eigenvalue weighted by atomic mass is 10.0. The predicted octanol–water partition coefficient (Wildman–Crippen LogP) is 2.42. The maximum atomic E-state index is 10.9. The summed E-state index contributed by atoms with van der Waals surface area (Å²) in [7, 11) is 0. The van der Waals surface area contributed by atoms with Gasteiger partial charge in [-0.15, -0.1) is 0 Å². The zero-order chi connectivity index (χ0) is 9.87. The Morgan fingerprint density at radius 1 is 1.50 bits per heavy atom. The molecule has 2 aliphatic rings. The van der Waals surface area contributed by atoms with Gasteiger partial charge in [0, 0.05) is 10.4 Å². The van der Waals surface area contributed by atoms with E-state index in [0.29, 0.717) is 11.8 Å². The molecule has 0 aliphatic heterocycles. The van der Waals surface area contributed by atoms with Crippen molar-refractivity contribution in [2.75, 3.05) is 0 Å². The van der Waals surface area contributed by atoms with E-state index in [0.717, 1.165) is 10.9 Å². The summed E-state index contributed by atoms with van der Waals surface area (Å²) in [5.74, 6) is -0.0939. The van der Waals surface area contributed by atoms with E-state index in [2.05, 4.69) is 22.0 Å². The fraction of sp³-hybridized carbons (Fsp3) is 0.364. The minimum absolute atomic E-state index is 0.114. The second-order valence-corrected chi connectivity index (χ2v) is 4.92. The van der Waals surface area contributed by atoms with Gasteiger partial charge in [0.15, 0.2) is 0 Å². The molecule has 1 N–H and O–H groups in total. The van der Waals surface area contributed by atoms with Gasteiger partial charge >= 0.3 is 5.97 Å². The third kappa shape index (κ3) is 0.934. The number of hydrogen-bond acceptors (Lipinski definition) is 1. The number of halogens is 1. The highest BCUT2D eigenvalue weighted by molar-refractivity contribution is 9.10. The van der Waals surface area contributed by atoms with Gasteiger partial charge in [0.1, 0.15) is 0 Å². The maximum Gasteiger partial charge on any atom is 0.307 e. The molecule has 2 aliphatic carbocycles. The summed E-state index contributed by atoms with van der Waals surface area (Å²) in [6, 6.07) is 6.08. The average Bonchev–Trinajstić information content (AvgIpc) is 2.73. The number of rotatable bonds is 1. The van der Waals surface area contributed by atoms with Crippen molar-refractivity contribution in [1.29, 1.82) is 0 Å². The molecule has 1 aromatic rings. The van der Waals surface area contributed by atoms with Crippen LogP contribution in [0.25, 0.3) is 0 Å². The molecule has 1 aromatic carbocycles. The van der Waals surface area contributed by atoms with Gasteiger partial charge in [-0.3, -0.25) is 4.79 Å². The molecule has 0 bridgehead atoms. The quantitative estimate of drug-likeness (QED) is 0.834. The summed E-state index contributed by atoms with van der Waals surface area (Å²) < 4.78 is 1.13. The number of aliphatic carboxylic acids is 1. The second-order valence-electron chi connectivity index (χ2n) is 4.07. The molecular weight excluding hydrogens is 244 g/mol. The van der Waals surface area contributed by atoms with Crippen LogP contribution in [-0.2, 0) is 11.2 Å². The van der Waals surface area contributed by atoms with Crippen molar-refractivity contribution >= 4 is 21.9 Å². The van der Waals surface area contributed by atoms with Gasteiger partial charge in [-0.25, -0.2) is 0 Å². The highest BCUT2D eigenvalue weighted by Crippen LogP contribution is 2.62. The SMILES string of the molecule is O=C(O)[C@@H]1[C@H]2Cc3c(Br)cccc3[C@@H]21. The Morgan fingerprint density at radius 2 is 2.29 bits per heavy atom. The summed E-state index contributed by atoms with van der Waals surface area (Å²) >= 11 is 3.50. The third-order valence-electron chi connectivity index (χ3n) is 3.41. The molecular formula is C11H9BrO2. The molecule has 0 radical (unpaired) electrons. The first-order chi connectivity index (χ1) is 6.70. The zero-order valence-corrected chi connectivity index (χ0v) is 8.99. The second kappa shape index (κ2) is 2.60. The van der Waals surface area contributed by atoms with E-state index in [4.69, 9.17) is 5.11 Å². The minimum atomic E-state index is -0.634. The van der Waals surface area contributed by atoms with Gasteiger partial charge in [0.2, 0.25) is 0 Å². The first-order valence-electron chi connectivity index (χ1n) is 4.70. The fourth-order valence-electron chi connectivity index (χ4n) is 2.73. The molecule has 3 heteroatoms. The van der Waals surface area contributed by atoms with E-state index in [1.807, 2.05) is 12.1 Å². The Bertz CT molecular complexity index is 427. The highest BCUT2D eigenvalue weighted by Gasteiger charge is 2.59. The number of carboxylic acids is 1. The Balaban J connectivity index is 2.03. The van der Waals surface area contributed by atoms with E-state index in [-0.39, 0.29) is 5.92 Å². The Morgan fingerprint density at radius 3 is 3.00 bits per heavy atom. The van der Waals surface area contributed by atoms with Crippen molar-refractivity contribution in [3.8, 4) is 0 Å². The monoisotopic (exact) mass is 252 g/mol. The lowest BCUT2D eigenvalue weighted by Crippen LogP contribution is -2.05. The molecule has 0 spiro atoms. The smallest absolute Gasteiger partial charge is 0.307 e. The highest BCUT2D eigenvalue weighted by atomic mass is 79.9. The van der Waals surface area contributed by atoms with Crippen molar-refractivity contribution in [2.24, 2.45) is 11.8 Å². The predicted molar refractivity (Wildman–Crippen MR) is 55.2 cm³/mol. The van der Waals surface area contributed by atoms with Crippen molar-refractivity contribution in [2.45, 2.75) is 12.3 Å². The van der Waals surface area contributed by atoms with Crippen LogP contribution in [0.5, 0.6) is 0 Å². The number of hydrogen-bond donors (Lipinski definition) is 1. The molecule has 14 heavy (non-hydrogen) atoms. The summed E-state index contributed by atoms with van der Waals surface area (Å²) in [5, 5.41) is 8.94. The van der Waals surface area contributed by atoms with Crippen LogP contribution in [0.2, 0.25) is 0 Å². The molecule has 2 nitrogen and oxygen atoms in total. The van der Waals surface area contributed by atoms with Gasteiger partial charge in [-0.2, -0.15) is 0 Å². The normalized spacial score (nSPS) is 32.2. The Labute approximate surface area is 90.1 Å². The molecule has 1 fully saturated rings. The van der Waals surface area contributed by atoms with Crippen molar-refractivity contribution in [3.63, 3.8) is 0 Å². The summed E-state index contributed by atoms with van der Waals surface area (Å²) in [4.78, 5) is 10.9. The first kappa shape index (κ1) is 8.48. The topological polar surface area (TPSA) is 37.3 Å². The first-order valence-corrected chi connectivity index (χ1v) is 5.49. The van der Waals surface area contributed by atoms with Gasteiger partial charge in [-0.05, 0) is 29.5 Å². The van der Waals surface area contributed by atoms with Crippen molar-refractivity contribution in [3.05, 3.63) is 33.8 Å². The lowest BCUT2D eigenvalue weighted by Gasteiger charge is -2.06. The fourth-order valence-corrected chi connectivity index (χ4v) is 3.27. The van der Waals surface area contributed by atoms with Gasteiger partial charge in [-0.1, -0.05) is 28.1 Å². The zero-order valence-electron chi connectivity index (χ0n) is 7.40. The van der Waals surface area contributed by atoms with E-state index in [1.54, 1.807) is 0 Å². The molecule has 0 amide bonds. The van der Waals surface area contributed by atoms with Crippen molar-refractivity contribution in [1.82, 2.24) is 0 Å². The molecule has 72 valence electrons. The number of carbonyl (C=O) groups is 1. The molecule has 3 rings (SSSR count).